The highest BCUT2D eigenvalue weighted by Crippen LogP contribution is 2.51. The Balaban J connectivity index is 2.18. The lowest BCUT2D eigenvalue weighted by Gasteiger charge is -2.37. The van der Waals surface area contributed by atoms with E-state index in [1.807, 2.05) is 0 Å². The summed E-state index contributed by atoms with van der Waals surface area (Å²) in [7, 11) is 0. The molecule has 0 fully saturated rings. The topological polar surface area (TPSA) is 108 Å². The Bertz CT molecular complexity index is 915. The summed E-state index contributed by atoms with van der Waals surface area (Å²) in [5.74, 6) is -5.53. The fourth-order valence-electron chi connectivity index (χ4n) is 3.38. The predicted molar refractivity (Wildman–Crippen MR) is 115 cm³/mol. The van der Waals surface area contributed by atoms with Crippen LogP contribution in [-0.2, 0) is 20.2 Å². The minimum absolute atomic E-state index is 0.00554. The van der Waals surface area contributed by atoms with E-state index in [2.05, 4.69) is 10.6 Å². The van der Waals surface area contributed by atoms with Gasteiger partial charge in [0.25, 0.3) is 5.92 Å². The lowest BCUT2D eigenvalue weighted by atomic mass is 9.78. The van der Waals surface area contributed by atoms with Crippen LogP contribution in [0.25, 0.3) is 0 Å². The van der Waals surface area contributed by atoms with E-state index in [4.69, 9.17) is 4.74 Å². The number of esters is 1. The van der Waals surface area contributed by atoms with Crippen molar-refractivity contribution in [2.75, 3.05) is 6.54 Å². The number of nitrogens with one attached hydrogen (secondary N) is 2. The van der Waals surface area contributed by atoms with Gasteiger partial charge in [-0.15, -0.1) is 0 Å². The fraction of sp³-hybridized carbons (Fsp3) is 0.500. The summed E-state index contributed by atoms with van der Waals surface area (Å²) in [5, 5.41) is 15.5. The molecule has 176 valence electrons. The number of thioether (sulfide) groups is 1. The van der Waals surface area contributed by atoms with E-state index in [0.717, 1.165) is 11.8 Å². The number of carbonyl (C=O) groups excluding carboxylic acids is 3. The maximum Gasteiger partial charge on any atom is 0.345 e. The van der Waals surface area contributed by atoms with Crippen molar-refractivity contribution in [3.8, 4) is 0 Å². The molecule has 1 aromatic rings. The first kappa shape index (κ1) is 25.6. The van der Waals surface area contributed by atoms with Gasteiger partial charge in [-0.2, -0.15) is 8.78 Å². The Morgan fingerprint density at radius 2 is 1.78 bits per heavy atom. The molecule has 2 N–H and O–H groups in total. The lowest BCUT2D eigenvalue weighted by Crippen LogP contribution is -2.55. The number of benzene rings is 1. The van der Waals surface area contributed by atoms with E-state index in [1.54, 1.807) is 33.8 Å². The van der Waals surface area contributed by atoms with Crippen LogP contribution in [0.3, 0.4) is 0 Å². The zero-order chi connectivity index (χ0) is 24.3. The summed E-state index contributed by atoms with van der Waals surface area (Å²) in [4.78, 5) is 37.2. The maximum atomic E-state index is 14.3. The summed E-state index contributed by atoms with van der Waals surface area (Å²) < 4.78 is 34.0. The van der Waals surface area contributed by atoms with Crippen molar-refractivity contribution < 1.29 is 33.0 Å². The number of ether oxygens (including phenoxy) is 1. The van der Waals surface area contributed by atoms with Crippen molar-refractivity contribution in [3.63, 3.8) is 0 Å². The summed E-state index contributed by atoms with van der Waals surface area (Å²) in [6.45, 7) is 7.06. The Labute approximate surface area is 190 Å². The highest BCUT2D eigenvalue weighted by Gasteiger charge is 2.50. The number of hydrogen-bond acceptors (Lipinski definition) is 6. The number of carboxylic acid groups (broad SMARTS) is 1. The van der Waals surface area contributed by atoms with Crippen LogP contribution in [0.5, 0.6) is 0 Å². The molecule has 2 atom stereocenters. The second-order valence-corrected chi connectivity index (χ2v) is 9.58. The van der Waals surface area contributed by atoms with Gasteiger partial charge in [-0.3, -0.25) is 0 Å². The number of amides is 2. The molecule has 0 saturated heterocycles. The van der Waals surface area contributed by atoms with E-state index in [1.165, 1.54) is 31.2 Å². The van der Waals surface area contributed by atoms with Crippen LogP contribution in [0.2, 0.25) is 0 Å². The third-order valence-electron chi connectivity index (χ3n) is 5.13. The third-order valence-corrected chi connectivity index (χ3v) is 6.59. The van der Waals surface area contributed by atoms with E-state index in [0.29, 0.717) is 0 Å². The molecule has 32 heavy (non-hydrogen) atoms. The van der Waals surface area contributed by atoms with Gasteiger partial charge in [-0.1, -0.05) is 49.0 Å². The van der Waals surface area contributed by atoms with Crippen molar-refractivity contribution in [3.05, 3.63) is 46.4 Å². The van der Waals surface area contributed by atoms with E-state index in [-0.39, 0.29) is 22.5 Å². The van der Waals surface area contributed by atoms with Crippen molar-refractivity contribution >= 4 is 29.7 Å². The van der Waals surface area contributed by atoms with Crippen LogP contribution < -0.4 is 15.7 Å². The van der Waals surface area contributed by atoms with Crippen LogP contribution >= 0.6 is 11.8 Å². The largest absolute Gasteiger partial charge is 0.549 e. The highest BCUT2D eigenvalue weighted by atomic mass is 32.2. The van der Waals surface area contributed by atoms with Crippen LogP contribution in [0.15, 0.2) is 40.8 Å². The smallest absolute Gasteiger partial charge is 0.345 e. The zero-order valence-electron chi connectivity index (χ0n) is 18.6. The minimum Gasteiger partial charge on any atom is -0.549 e. The van der Waals surface area contributed by atoms with Gasteiger partial charge in [-0.05, 0) is 39.7 Å². The molecule has 10 heteroatoms. The van der Waals surface area contributed by atoms with Crippen LogP contribution in [-0.4, -0.2) is 35.5 Å². The van der Waals surface area contributed by atoms with Crippen molar-refractivity contribution in [2.24, 2.45) is 5.41 Å². The highest BCUT2D eigenvalue weighted by molar-refractivity contribution is 8.04. The maximum absolute atomic E-state index is 14.3. The molecule has 2 unspecified atom stereocenters. The average Bonchev–Trinajstić information content (AvgIpc) is 2.98. The Morgan fingerprint density at radius 3 is 2.28 bits per heavy atom. The van der Waals surface area contributed by atoms with Gasteiger partial charge in [0.15, 0.2) is 0 Å². The monoisotopic (exact) mass is 469 g/mol. The molecule has 1 aliphatic heterocycles. The van der Waals surface area contributed by atoms with Gasteiger partial charge < -0.3 is 25.3 Å². The van der Waals surface area contributed by atoms with Gasteiger partial charge >= 0.3 is 12.0 Å². The first-order valence-electron chi connectivity index (χ1n) is 10.0. The standard InChI is InChI=1S/C22H28F2N2O5S/c1-6-21(18(28)29)13(2)15(16(27)31-20(3,4)5)32-17(21)26-19(30)25-12-22(23,24)14-10-8-7-9-11-14/h7-11,17H,6,12H2,1-5H3,(H,28,29)(H2,25,26,30)/p-1. The Morgan fingerprint density at radius 1 is 1.19 bits per heavy atom. The van der Waals surface area contributed by atoms with Crippen molar-refractivity contribution in [1.82, 2.24) is 10.6 Å². The molecule has 0 bridgehead atoms. The molecule has 0 aromatic heterocycles. The summed E-state index contributed by atoms with van der Waals surface area (Å²) in [6.07, 6.45) is 0.00554. The molecular formula is C22H27F2N2O5S-. The lowest BCUT2D eigenvalue weighted by molar-refractivity contribution is -0.317. The van der Waals surface area contributed by atoms with Gasteiger partial charge in [0.1, 0.15) is 5.60 Å². The van der Waals surface area contributed by atoms with Gasteiger partial charge in [0, 0.05) is 5.56 Å². The first-order chi connectivity index (χ1) is 14.7. The van der Waals surface area contributed by atoms with E-state index in [9.17, 15) is 28.3 Å². The molecule has 0 aliphatic carbocycles. The number of hydrogen-bond donors (Lipinski definition) is 2. The average molecular weight is 470 g/mol. The number of aliphatic carboxylic acids is 1. The fourth-order valence-corrected chi connectivity index (χ4v) is 4.92. The van der Waals surface area contributed by atoms with Crippen molar-refractivity contribution in [1.29, 1.82) is 0 Å². The molecule has 1 heterocycles. The number of urea groups is 1. The molecule has 2 amide bonds. The second-order valence-electron chi connectivity index (χ2n) is 8.46. The van der Waals surface area contributed by atoms with E-state index < -0.39 is 46.8 Å². The zero-order valence-corrected chi connectivity index (χ0v) is 19.4. The second kappa shape index (κ2) is 9.48. The molecule has 0 radical (unpaired) electrons. The van der Waals surface area contributed by atoms with Crippen LogP contribution in [0, 0.1) is 5.41 Å². The number of rotatable bonds is 7. The Kier molecular flexibility index (Phi) is 7.59. The quantitative estimate of drug-likeness (QED) is 0.595. The Hall–Kier alpha value is -2.62. The van der Waals surface area contributed by atoms with Gasteiger partial charge in [-0.25, -0.2) is 9.59 Å². The van der Waals surface area contributed by atoms with Gasteiger partial charge in [0.05, 0.1) is 28.2 Å². The summed E-state index contributed by atoms with van der Waals surface area (Å²) in [5.41, 5.74) is -2.58. The number of alkyl halides is 2. The summed E-state index contributed by atoms with van der Waals surface area (Å²) >= 11 is 0.810. The summed E-state index contributed by atoms with van der Waals surface area (Å²) in [6, 6.07) is 6.01. The molecule has 0 saturated carbocycles. The molecule has 7 nitrogen and oxygen atoms in total. The molecular weight excluding hydrogens is 442 g/mol. The minimum atomic E-state index is -3.33. The SMILES string of the molecule is CCC1(C(=O)[O-])C(C)=C(C(=O)OC(C)(C)C)SC1NC(=O)NCC(F)(F)c1ccccc1. The van der Waals surface area contributed by atoms with Crippen molar-refractivity contribution in [2.45, 2.75) is 57.9 Å². The normalized spacial score (nSPS) is 21.3. The number of carbonyl (C=O) groups is 3. The first-order valence-corrected chi connectivity index (χ1v) is 10.9. The molecule has 2 rings (SSSR count). The number of carboxylic acids is 1. The predicted octanol–water partition coefficient (Wildman–Crippen LogP) is 2.91. The van der Waals surface area contributed by atoms with Crippen LogP contribution in [0.1, 0.15) is 46.6 Å². The van der Waals surface area contributed by atoms with Gasteiger partial charge in [0.2, 0.25) is 0 Å². The van der Waals surface area contributed by atoms with Crippen LogP contribution in [0.4, 0.5) is 13.6 Å². The van der Waals surface area contributed by atoms with E-state index >= 15 is 0 Å². The molecule has 1 aromatic carbocycles. The molecule has 0 spiro atoms. The third kappa shape index (κ3) is 5.40. The molecule has 1 aliphatic rings. The number of halogens is 2.